The van der Waals surface area contributed by atoms with Crippen molar-refractivity contribution < 1.29 is 14.0 Å². The number of rotatable bonds is 10. The lowest BCUT2D eigenvalue weighted by Gasteiger charge is -2.32. The lowest BCUT2D eigenvalue weighted by molar-refractivity contribution is -0.141. The molecule has 3 aromatic rings. The summed E-state index contributed by atoms with van der Waals surface area (Å²) in [6, 6.07) is 22.4. The van der Waals surface area contributed by atoms with E-state index in [0.717, 1.165) is 11.1 Å². The van der Waals surface area contributed by atoms with Gasteiger partial charge in [-0.1, -0.05) is 78.3 Å². The molecule has 4 nitrogen and oxygen atoms in total. The minimum Gasteiger partial charge on any atom is -0.352 e. The minimum absolute atomic E-state index is 0.00293. The van der Waals surface area contributed by atoms with Gasteiger partial charge in [0.1, 0.15) is 11.9 Å². The third-order valence-corrected chi connectivity index (χ3v) is 5.94. The molecule has 0 aliphatic heterocycles. The number of nitrogens with zero attached hydrogens (tertiary/aromatic N) is 1. The highest BCUT2D eigenvalue weighted by Gasteiger charge is 2.31. The Kier molecular flexibility index (Phi) is 9.23. The average molecular weight is 481 g/mol. The summed E-state index contributed by atoms with van der Waals surface area (Å²) in [6.45, 7) is 3.74. The Hall–Kier alpha value is -3.18. The van der Waals surface area contributed by atoms with Gasteiger partial charge in [-0.3, -0.25) is 9.59 Å². The van der Waals surface area contributed by atoms with Gasteiger partial charge in [0.05, 0.1) is 0 Å². The number of aryl methyl sites for hydroxylation is 1. The SMILES string of the molecule is CC(C)NC(=O)[C@H](Cc1ccccc1)N(Cc1ccccc1F)C(=O)CCc1ccccc1Cl. The second-order valence-corrected chi connectivity index (χ2v) is 8.98. The van der Waals surface area contributed by atoms with Gasteiger partial charge in [-0.2, -0.15) is 0 Å². The maximum Gasteiger partial charge on any atom is 0.243 e. The third kappa shape index (κ3) is 7.16. The molecule has 0 spiro atoms. The molecule has 3 aromatic carbocycles. The lowest BCUT2D eigenvalue weighted by atomic mass is 10.0. The van der Waals surface area contributed by atoms with Gasteiger partial charge in [-0.05, 0) is 43.5 Å². The van der Waals surface area contributed by atoms with Crippen molar-refractivity contribution in [1.82, 2.24) is 10.2 Å². The van der Waals surface area contributed by atoms with E-state index in [2.05, 4.69) is 5.32 Å². The van der Waals surface area contributed by atoms with E-state index < -0.39 is 11.9 Å². The molecule has 0 aliphatic rings. The fourth-order valence-corrected chi connectivity index (χ4v) is 4.06. The highest BCUT2D eigenvalue weighted by atomic mass is 35.5. The van der Waals surface area contributed by atoms with Crippen LogP contribution >= 0.6 is 11.6 Å². The average Bonchev–Trinajstić information content (AvgIpc) is 2.82. The number of hydrogen-bond donors (Lipinski definition) is 1. The van der Waals surface area contributed by atoms with Crippen molar-refractivity contribution >= 4 is 23.4 Å². The van der Waals surface area contributed by atoms with E-state index in [1.807, 2.05) is 62.4 Å². The van der Waals surface area contributed by atoms with Crippen molar-refractivity contribution in [2.75, 3.05) is 0 Å². The monoisotopic (exact) mass is 480 g/mol. The zero-order valence-electron chi connectivity index (χ0n) is 19.5. The van der Waals surface area contributed by atoms with Gasteiger partial charge >= 0.3 is 0 Å². The largest absolute Gasteiger partial charge is 0.352 e. The first-order valence-electron chi connectivity index (χ1n) is 11.5. The first kappa shape index (κ1) is 25.4. The molecule has 0 bridgehead atoms. The molecule has 0 saturated heterocycles. The Morgan fingerprint density at radius 2 is 1.53 bits per heavy atom. The normalized spacial score (nSPS) is 11.8. The highest BCUT2D eigenvalue weighted by molar-refractivity contribution is 6.31. The van der Waals surface area contributed by atoms with Crippen LogP contribution in [0.3, 0.4) is 0 Å². The van der Waals surface area contributed by atoms with Crippen LogP contribution in [0, 0.1) is 5.82 Å². The number of nitrogens with one attached hydrogen (secondary N) is 1. The molecule has 0 aromatic heterocycles. The van der Waals surface area contributed by atoms with E-state index in [0.29, 0.717) is 23.4 Å². The molecule has 34 heavy (non-hydrogen) atoms. The first-order chi connectivity index (χ1) is 16.3. The Bertz CT molecular complexity index is 1100. The second kappa shape index (κ2) is 12.3. The summed E-state index contributed by atoms with van der Waals surface area (Å²) >= 11 is 6.28. The second-order valence-electron chi connectivity index (χ2n) is 8.57. The lowest BCUT2D eigenvalue weighted by Crippen LogP contribution is -2.52. The summed E-state index contributed by atoms with van der Waals surface area (Å²) in [5.41, 5.74) is 2.14. The standard InChI is InChI=1S/C28H30ClFN2O2/c1-20(2)31-28(34)26(18-21-10-4-3-5-11-21)32(19-23-13-7-9-15-25(23)30)27(33)17-16-22-12-6-8-14-24(22)29/h3-15,20,26H,16-19H2,1-2H3,(H,31,34)/t26-/m0/s1. The molecule has 6 heteroatoms. The number of hydrogen-bond acceptors (Lipinski definition) is 2. The number of benzene rings is 3. The molecule has 178 valence electrons. The molecule has 2 amide bonds. The van der Waals surface area contributed by atoms with Crippen LogP contribution in [0.1, 0.15) is 37.0 Å². The quantitative estimate of drug-likeness (QED) is 0.412. The van der Waals surface area contributed by atoms with Crippen molar-refractivity contribution in [3.63, 3.8) is 0 Å². The van der Waals surface area contributed by atoms with Crippen LogP contribution in [-0.4, -0.2) is 28.8 Å². The summed E-state index contributed by atoms with van der Waals surface area (Å²) in [4.78, 5) is 28.3. The van der Waals surface area contributed by atoms with Crippen LogP contribution in [0.5, 0.6) is 0 Å². The maximum absolute atomic E-state index is 14.6. The van der Waals surface area contributed by atoms with E-state index in [9.17, 15) is 14.0 Å². The Morgan fingerprint density at radius 1 is 0.912 bits per heavy atom. The molecular formula is C28H30ClFN2O2. The minimum atomic E-state index is -0.789. The van der Waals surface area contributed by atoms with Gasteiger partial charge in [0.25, 0.3) is 0 Å². The fourth-order valence-electron chi connectivity index (χ4n) is 3.83. The highest BCUT2D eigenvalue weighted by Crippen LogP contribution is 2.21. The van der Waals surface area contributed by atoms with Crippen molar-refractivity contribution in [3.8, 4) is 0 Å². The van der Waals surface area contributed by atoms with E-state index in [1.165, 1.54) is 11.0 Å². The van der Waals surface area contributed by atoms with Crippen LogP contribution in [0.15, 0.2) is 78.9 Å². The van der Waals surface area contributed by atoms with E-state index >= 15 is 0 Å². The number of halogens is 2. The predicted octanol–water partition coefficient (Wildman–Crippen LogP) is 5.58. The summed E-state index contributed by atoms with van der Waals surface area (Å²) in [5, 5.41) is 3.53. The molecule has 0 aliphatic carbocycles. The van der Waals surface area contributed by atoms with Crippen LogP contribution in [0.2, 0.25) is 5.02 Å². The van der Waals surface area contributed by atoms with E-state index in [1.54, 1.807) is 24.3 Å². The van der Waals surface area contributed by atoms with Crippen LogP contribution < -0.4 is 5.32 Å². The van der Waals surface area contributed by atoms with Crippen molar-refractivity contribution in [2.45, 2.75) is 51.7 Å². The first-order valence-corrected chi connectivity index (χ1v) is 11.8. The van der Waals surface area contributed by atoms with Crippen molar-refractivity contribution in [3.05, 3.63) is 106 Å². The van der Waals surface area contributed by atoms with Crippen LogP contribution in [0.4, 0.5) is 4.39 Å². The molecule has 0 fully saturated rings. The number of carbonyl (C=O) groups is 2. The molecule has 0 unspecified atom stereocenters. The molecule has 0 saturated carbocycles. The van der Waals surface area contributed by atoms with Gasteiger partial charge in [-0.15, -0.1) is 0 Å². The number of amides is 2. The van der Waals surface area contributed by atoms with E-state index in [-0.39, 0.29) is 30.8 Å². The molecule has 0 heterocycles. The summed E-state index contributed by atoms with van der Waals surface area (Å²) in [6.07, 6.45) is 0.903. The van der Waals surface area contributed by atoms with E-state index in [4.69, 9.17) is 11.6 Å². The zero-order chi connectivity index (χ0) is 24.5. The fraction of sp³-hybridized carbons (Fsp3) is 0.286. The molecular weight excluding hydrogens is 451 g/mol. The van der Waals surface area contributed by atoms with Crippen LogP contribution in [0.25, 0.3) is 0 Å². The third-order valence-electron chi connectivity index (χ3n) is 5.57. The summed E-state index contributed by atoms with van der Waals surface area (Å²) < 4.78 is 14.6. The predicted molar refractivity (Wildman–Crippen MR) is 134 cm³/mol. The summed E-state index contributed by atoms with van der Waals surface area (Å²) in [5.74, 6) is -0.904. The van der Waals surface area contributed by atoms with Crippen molar-refractivity contribution in [2.24, 2.45) is 0 Å². The van der Waals surface area contributed by atoms with Gasteiger partial charge in [0.2, 0.25) is 11.8 Å². The van der Waals surface area contributed by atoms with Gasteiger partial charge in [0.15, 0.2) is 0 Å². The number of carbonyl (C=O) groups excluding carboxylic acids is 2. The summed E-state index contributed by atoms with van der Waals surface area (Å²) in [7, 11) is 0. The Morgan fingerprint density at radius 3 is 2.18 bits per heavy atom. The Balaban J connectivity index is 1.93. The zero-order valence-corrected chi connectivity index (χ0v) is 20.3. The molecule has 0 radical (unpaired) electrons. The van der Waals surface area contributed by atoms with Crippen LogP contribution in [-0.2, 0) is 29.0 Å². The molecule has 1 N–H and O–H groups in total. The maximum atomic E-state index is 14.6. The molecule has 1 atom stereocenters. The van der Waals surface area contributed by atoms with Crippen molar-refractivity contribution in [1.29, 1.82) is 0 Å². The van der Waals surface area contributed by atoms with Gasteiger partial charge < -0.3 is 10.2 Å². The Labute approximate surface area is 205 Å². The topological polar surface area (TPSA) is 49.4 Å². The van der Waals surface area contributed by atoms with Gasteiger partial charge in [0, 0.05) is 36.0 Å². The molecule has 3 rings (SSSR count). The smallest absolute Gasteiger partial charge is 0.243 e. The van der Waals surface area contributed by atoms with Gasteiger partial charge in [-0.25, -0.2) is 4.39 Å².